The fraction of sp³-hybridized carbons (Fsp3) is 0.235. The van der Waals surface area contributed by atoms with Gasteiger partial charge >= 0.3 is 5.97 Å². The predicted molar refractivity (Wildman–Crippen MR) is 171 cm³/mol. The lowest BCUT2D eigenvalue weighted by atomic mass is 10.0. The van der Waals surface area contributed by atoms with Crippen molar-refractivity contribution >= 4 is 40.2 Å². The quantitative estimate of drug-likeness (QED) is 0.131. The maximum absolute atomic E-state index is 12.6. The highest BCUT2D eigenvalue weighted by molar-refractivity contribution is 6.33. The highest BCUT2D eigenvalue weighted by Crippen LogP contribution is 2.35. The van der Waals surface area contributed by atoms with Gasteiger partial charge in [0.25, 0.3) is 0 Å². The zero-order valence-electron chi connectivity index (χ0n) is 24.5. The van der Waals surface area contributed by atoms with Crippen molar-refractivity contribution in [2.75, 3.05) is 38.7 Å². The summed E-state index contributed by atoms with van der Waals surface area (Å²) in [7, 11) is 1.62. The summed E-state index contributed by atoms with van der Waals surface area (Å²) in [5.74, 6) is 1.61. The highest BCUT2D eigenvalue weighted by atomic mass is 35.5. The largest absolute Gasteiger partial charge is 0.493 e. The van der Waals surface area contributed by atoms with Gasteiger partial charge in [0.15, 0.2) is 11.5 Å². The number of anilines is 2. The van der Waals surface area contributed by atoms with Gasteiger partial charge in [0, 0.05) is 28.9 Å². The van der Waals surface area contributed by atoms with E-state index in [1.54, 1.807) is 49.6 Å². The number of benzene rings is 4. The van der Waals surface area contributed by atoms with E-state index in [2.05, 4.69) is 20.4 Å². The van der Waals surface area contributed by atoms with Gasteiger partial charge in [-0.25, -0.2) is 9.78 Å². The summed E-state index contributed by atoms with van der Waals surface area (Å²) in [4.78, 5) is 19.7. The fourth-order valence-electron chi connectivity index (χ4n) is 5.23. The van der Waals surface area contributed by atoms with Crippen LogP contribution in [0.5, 0.6) is 17.2 Å². The van der Waals surface area contributed by atoms with Gasteiger partial charge in [-0.2, -0.15) is 0 Å². The number of hydrogen-bond donors (Lipinski definition) is 1. The molecule has 9 nitrogen and oxygen atoms in total. The second kappa shape index (κ2) is 13.3. The Bertz CT molecular complexity index is 1790. The molecule has 4 aromatic carbocycles. The first kappa shape index (κ1) is 29.3. The number of carbonyl (C=O) groups is 1. The molecule has 0 aliphatic carbocycles. The smallest absolute Gasteiger partial charge is 0.343 e. The van der Waals surface area contributed by atoms with Gasteiger partial charge in [0.05, 0.1) is 18.2 Å². The first-order chi connectivity index (χ1) is 21.5. The first-order valence-electron chi connectivity index (χ1n) is 14.5. The Labute approximate surface area is 260 Å². The molecule has 2 heterocycles. The average molecular weight is 610 g/mol. The van der Waals surface area contributed by atoms with E-state index in [0.717, 1.165) is 36.4 Å². The molecular weight excluding hydrogens is 578 g/mol. The van der Waals surface area contributed by atoms with E-state index in [1.165, 1.54) is 12.8 Å². The molecule has 1 saturated heterocycles. The number of aryl methyl sites for hydroxylation is 1. The van der Waals surface area contributed by atoms with Gasteiger partial charge in [0.1, 0.15) is 17.9 Å². The Kier molecular flexibility index (Phi) is 8.86. The summed E-state index contributed by atoms with van der Waals surface area (Å²) in [6.07, 6.45) is 2.51. The number of aromatic nitrogens is 3. The summed E-state index contributed by atoms with van der Waals surface area (Å²) in [6, 6.07) is 23.4. The number of nitrogens with zero attached hydrogens (tertiary/aromatic N) is 4. The van der Waals surface area contributed by atoms with Crippen molar-refractivity contribution in [2.24, 2.45) is 0 Å². The summed E-state index contributed by atoms with van der Waals surface area (Å²) in [6.45, 7) is 5.74. The van der Waals surface area contributed by atoms with E-state index in [0.29, 0.717) is 57.0 Å². The Morgan fingerprint density at radius 2 is 1.77 bits per heavy atom. The summed E-state index contributed by atoms with van der Waals surface area (Å²) in [5, 5.41) is 12.5. The van der Waals surface area contributed by atoms with E-state index < -0.39 is 5.97 Å². The van der Waals surface area contributed by atoms with Crippen LogP contribution < -0.4 is 19.5 Å². The number of nitrogens with one attached hydrogen (secondary N) is 1. The molecule has 224 valence electrons. The van der Waals surface area contributed by atoms with Crippen LogP contribution in [0.2, 0.25) is 5.02 Å². The van der Waals surface area contributed by atoms with E-state index in [-0.39, 0.29) is 0 Å². The fourth-order valence-corrected chi connectivity index (χ4v) is 5.46. The van der Waals surface area contributed by atoms with Crippen LogP contribution in [0.4, 0.5) is 11.6 Å². The van der Waals surface area contributed by atoms with Crippen LogP contribution in [-0.4, -0.2) is 59.4 Å². The lowest BCUT2D eigenvalue weighted by Gasteiger charge is -2.16. The molecule has 6 rings (SSSR count). The normalized spacial score (nSPS) is 13.2. The van der Waals surface area contributed by atoms with E-state index in [9.17, 15) is 4.79 Å². The molecule has 44 heavy (non-hydrogen) atoms. The van der Waals surface area contributed by atoms with Crippen molar-refractivity contribution in [3.8, 4) is 28.4 Å². The van der Waals surface area contributed by atoms with E-state index in [1.807, 2.05) is 43.3 Å². The second-order valence-electron chi connectivity index (χ2n) is 10.6. The number of methoxy groups -OCH3 is 1. The number of hydrogen-bond acceptors (Lipinski definition) is 9. The average Bonchev–Trinajstić information content (AvgIpc) is 3.57. The second-order valence-corrected chi connectivity index (χ2v) is 11.0. The lowest BCUT2D eigenvalue weighted by Crippen LogP contribution is -2.25. The monoisotopic (exact) mass is 609 g/mol. The summed E-state index contributed by atoms with van der Waals surface area (Å²) in [5.41, 5.74) is 4.91. The molecule has 0 atom stereocenters. The maximum Gasteiger partial charge on any atom is 0.343 e. The van der Waals surface area contributed by atoms with E-state index in [4.69, 9.17) is 30.8 Å². The van der Waals surface area contributed by atoms with Crippen LogP contribution >= 0.6 is 11.6 Å². The third-order valence-corrected chi connectivity index (χ3v) is 7.83. The number of halogens is 1. The molecule has 1 N–H and O–H groups in total. The van der Waals surface area contributed by atoms with Crippen molar-refractivity contribution in [2.45, 2.75) is 19.8 Å². The third kappa shape index (κ3) is 6.74. The molecular formula is C34H32ClN5O4. The number of likely N-dealkylation sites (tertiary alicyclic amines) is 1. The van der Waals surface area contributed by atoms with Gasteiger partial charge in [-0.3, -0.25) is 4.90 Å². The maximum atomic E-state index is 12.6. The Morgan fingerprint density at radius 1 is 0.955 bits per heavy atom. The molecule has 0 spiro atoms. The molecule has 0 radical (unpaired) electrons. The molecule has 1 aromatic heterocycles. The summed E-state index contributed by atoms with van der Waals surface area (Å²) < 4.78 is 17.2. The molecule has 0 bridgehead atoms. The van der Waals surface area contributed by atoms with Crippen LogP contribution in [0, 0.1) is 6.92 Å². The molecule has 1 aliphatic rings. The van der Waals surface area contributed by atoms with Crippen LogP contribution in [0.3, 0.4) is 0 Å². The van der Waals surface area contributed by atoms with Gasteiger partial charge in [-0.05, 0) is 98.6 Å². The zero-order valence-corrected chi connectivity index (χ0v) is 25.3. The standard InChI is InChI=1S/C34H32ClN5O4/c1-22-18-24(27-21-26(11-12-28(27)35)44-33(41)23-8-4-3-5-9-23)19-29-32(22)37-34(39-38-29)36-25-10-13-30(31(20-25)42-2)43-17-16-40-14-6-7-15-40/h3-5,8-13,18-21H,6-7,14-17H2,1-2H3,(H,36,37,39). The topological polar surface area (TPSA) is 98.7 Å². The lowest BCUT2D eigenvalue weighted by molar-refractivity contribution is 0.0735. The first-order valence-corrected chi connectivity index (χ1v) is 14.9. The Morgan fingerprint density at radius 3 is 2.57 bits per heavy atom. The van der Waals surface area contributed by atoms with Gasteiger partial charge in [-0.15, -0.1) is 10.2 Å². The minimum atomic E-state index is -0.444. The van der Waals surface area contributed by atoms with Crippen LogP contribution in [-0.2, 0) is 0 Å². The molecule has 0 saturated carbocycles. The van der Waals surface area contributed by atoms with Crippen molar-refractivity contribution in [1.82, 2.24) is 20.1 Å². The van der Waals surface area contributed by atoms with Crippen molar-refractivity contribution in [1.29, 1.82) is 0 Å². The number of esters is 1. The van der Waals surface area contributed by atoms with Crippen LogP contribution in [0.25, 0.3) is 22.2 Å². The number of carbonyl (C=O) groups excluding carboxylic acids is 1. The zero-order chi connectivity index (χ0) is 30.5. The van der Waals surface area contributed by atoms with Crippen molar-refractivity contribution < 1.29 is 19.0 Å². The van der Waals surface area contributed by atoms with E-state index >= 15 is 0 Å². The van der Waals surface area contributed by atoms with Gasteiger partial charge < -0.3 is 19.5 Å². The molecule has 0 unspecified atom stereocenters. The molecule has 1 fully saturated rings. The number of fused-ring (bicyclic) bond motifs is 1. The van der Waals surface area contributed by atoms with Crippen LogP contribution in [0.1, 0.15) is 28.8 Å². The van der Waals surface area contributed by atoms with Crippen molar-refractivity contribution in [3.05, 3.63) is 95.0 Å². The number of ether oxygens (including phenoxy) is 3. The minimum Gasteiger partial charge on any atom is -0.493 e. The van der Waals surface area contributed by atoms with Gasteiger partial charge in [-0.1, -0.05) is 29.8 Å². The Balaban J connectivity index is 1.18. The molecule has 0 amide bonds. The number of rotatable bonds is 10. The molecule has 10 heteroatoms. The summed E-state index contributed by atoms with van der Waals surface area (Å²) >= 11 is 6.57. The van der Waals surface area contributed by atoms with Crippen molar-refractivity contribution in [3.63, 3.8) is 0 Å². The van der Waals surface area contributed by atoms with Crippen LogP contribution in [0.15, 0.2) is 78.9 Å². The van der Waals surface area contributed by atoms with Gasteiger partial charge in [0.2, 0.25) is 5.95 Å². The minimum absolute atomic E-state index is 0.353. The highest BCUT2D eigenvalue weighted by Gasteiger charge is 2.15. The Hall–Kier alpha value is -4.73. The molecule has 1 aliphatic heterocycles. The third-order valence-electron chi connectivity index (χ3n) is 7.50. The predicted octanol–water partition coefficient (Wildman–Crippen LogP) is 7.10. The SMILES string of the molecule is COc1cc(Nc2nnc3cc(-c4cc(OC(=O)c5ccccc5)ccc4Cl)cc(C)c3n2)ccc1OCCN1CCCC1. The molecule has 5 aromatic rings.